The summed E-state index contributed by atoms with van der Waals surface area (Å²) >= 11 is 0. The van der Waals surface area contributed by atoms with Gasteiger partial charge in [-0.05, 0) is 62.6 Å². The minimum Gasteiger partial charge on any atom is -0.444 e. The number of nitrogens with zero attached hydrogens (tertiary/aromatic N) is 3. The molecule has 0 aliphatic carbocycles. The van der Waals surface area contributed by atoms with Gasteiger partial charge in [0.05, 0.1) is 0 Å². The summed E-state index contributed by atoms with van der Waals surface area (Å²) in [5.74, 6) is -0.136. The molecular formula is C23H32N4O3. The van der Waals surface area contributed by atoms with Crippen molar-refractivity contribution in [3.8, 4) is 0 Å². The summed E-state index contributed by atoms with van der Waals surface area (Å²) in [4.78, 5) is 35.7. The minimum absolute atomic E-state index is 0.136. The summed E-state index contributed by atoms with van der Waals surface area (Å²) in [7, 11) is 0. The summed E-state index contributed by atoms with van der Waals surface area (Å²) in [5, 5.41) is 2.78. The molecular weight excluding hydrogens is 380 g/mol. The summed E-state index contributed by atoms with van der Waals surface area (Å²) in [6.45, 7) is 8.29. The Morgan fingerprint density at radius 2 is 1.50 bits per heavy atom. The Labute approximate surface area is 178 Å². The molecule has 7 heteroatoms. The van der Waals surface area contributed by atoms with Gasteiger partial charge in [-0.2, -0.15) is 0 Å². The van der Waals surface area contributed by atoms with E-state index in [9.17, 15) is 9.59 Å². The number of pyridine rings is 2. The number of nitrogens with one attached hydrogen (secondary N) is 1. The molecule has 0 aromatic carbocycles. The second-order valence-corrected chi connectivity index (χ2v) is 8.25. The van der Waals surface area contributed by atoms with Crippen molar-refractivity contribution in [3.05, 3.63) is 60.2 Å². The Hall–Kier alpha value is -2.96. The van der Waals surface area contributed by atoms with E-state index in [4.69, 9.17) is 4.74 Å². The van der Waals surface area contributed by atoms with Crippen molar-refractivity contribution in [1.29, 1.82) is 0 Å². The fourth-order valence-electron chi connectivity index (χ4n) is 2.96. The molecule has 1 atom stereocenters. The zero-order valence-corrected chi connectivity index (χ0v) is 18.3. The Balaban J connectivity index is 2.22. The lowest BCUT2D eigenvalue weighted by atomic mass is 10.1. The Morgan fingerprint density at radius 3 is 1.93 bits per heavy atom. The van der Waals surface area contributed by atoms with Gasteiger partial charge < -0.3 is 15.0 Å². The molecule has 30 heavy (non-hydrogen) atoms. The third kappa shape index (κ3) is 8.19. The van der Waals surface area contributed by atoms with E-state index in [1.54, 1.807) is 50.5 Å². The fourth-order valence-corrected chi connectivity index (χ4v) is 2.96. The number of ether oxygens (including phenoxy) is 1. The molecule has 2 heterocycles. The van der Waals surface area contributed by atoms with Crippen molar-refractivity contribution in [2.45, 2.75) is 71.7 Å². The van der Waals surface area contributed by atoms with Crippen molar-refractivity contribution in [3.63, 3.8) is 0 Å². The third-order valence-corrected chi connectivity index (χ3v) is 4.39. The smallest absolute Gasteiger partial charge is 0.408 e. The monoisotopic (exact) mass is 412 g/mol. The molecule has 2 aromatic heterocycles. The van der Waals surface area contributed by atoms with E-state index in [1.807, 2.05) is 24.3 Å². The van der Waals surface area contributed by atoms with Crippen molar-refractivity contribution in [1.82, 2.24) is 20.2 Å². The standard InChI is InChI=1S/C23H32N4O3/c1-5-6-7-20(26-22(29)30-23(2,3)4)21(28)27(16-18-8-12-24-13-9-18)17-19-10-14-25-15-11-19/h8-15,20H,5-7,16-17H2,1-4H3,(H,26,29)/t20-/m0/s1. The van der Waals surface area contributed by atoms with E-state index in [1.165, 1.54) is 0 Å². The molecule has 7 nitrogen and oxygen atoms in total. The van der Waals surface area contributed by atoms with Crippen LogP contribution in [0.3, 0.4) is 0 Å². The molecule has 0 aliphatic heterocycles. The second-order valence-electron chi connectivity index (χ2n) is 8.25. The van der Waals surface area contributed by atoms with Gasteiger partial charge in [-0.25, -0.2) is 4.79 Å². The molecule has 2 rings (SSSR count). The fraction of sp³-hybridized carbons (Fsp3) is 0.478. The summed E-state index contributed by atoms with van der Waals surface area (Å²) in [5.41, 5.74) is 1.31. The highest BCUT2D eigenvalue weighted by Crippen LogP contribution is 2.14. The maximum absolute atomic E-state index is 13.5. The molecule has 0 spiro atoms. The normalized spacial score (nSPS) is 12.1. The van der Waals surface area contributed by atoms with Crippen LogP contribution in [0.1, 0.15) is 58.1 Å². The van der Waals surface area contributed by atoms with Gasteiger partial charge in [-0.3, -0.25) is 14.8 Å². The Morgan fingerprint density at radius 1 is 1.00 bits per heavy atom. The maximum atomic E-state index is 13.5. The Bertz CT molecular complexity index is 750. The van der Waals surface area contributed by atoms with E-state index >= 15 is 0 Å². The zero-order chi connectivity index (χ0) is 22.0. The Kier molecular flexibility index (Phi) is 8.77. The lowest BCUT2D eigenvalue weighted by molar-refractivity contribution is -0.135. The lowest BCUT2D eigenvalue weighted by Gasteiger charge is -2.29. The van der Waals surface area contributed by atoms with Crippen LogP contribution in [0.2, 0.25) is 0 Å². The van der Waals surface area contributed by atoms with Gasteiger partial charge in [-0.15, -0.1) is 0 Å². The van der Waals surface area contributed by atoms with E-state index in [0.717, 1.165) is 24.0 Å². The number of aromatic nitrogens is 2. The maximum Gasteiger partial charge on any atom is 0.408 e. The van der Waals surface area contributed by atoms with Crippen LogP contribution < -0.4 is 5.32 Å². The molecule has 0 saturated carbocycles. The van der Waals surface area contributed by atoms with Crippen LogP contribution in [-0.2, 0) is 22.6 Å². The number of rotatable bonds is 9. The van der Waals surface area contributed by atoms with Gasteiger partial charge in [0, 0.05) is 37.9 Å². The van der Waals surface area contributed by atoms with Gasteiger partial charge >= 0.3 is 6.09 Å². The molecule has 1 N–H and O–H groups in total. The van der Waals surface area contributed by atoms with Crippen LogP contribution >= 0.6 is 0 Å². The molecule has 2 aromatic rings. The largest absolute Gasteiger partial charge is 0.444 e. The lowest BCUT2D eigenvalue weighted by Crippen LogP contribution is -2.49. The van der Waals surface area contributed by atoms with Crippen molar-refractivity contribution in [2.75, 3.05) is 0 Å². The summed E-state index contributed by atoms with van der Waals surface area (Å²) in [6, 6.07) is 6.89. The number of amides is 2. The second kappa shape index (κ2) is 11.3. The SMILES string of the molecule is CCCC[C@H](NC(=O)OC(C)(C)C)C(=O)N(Cc1ccncc1)Cc1ccncc1. The third-order valence-electron chi connectivity index (χ3n) is 4.39. The first-order chi connectivity index (χ1) is 14.3. The molecule has 0 saturated heterocycles. The highest BCUT2D eigenvalue weighted by molar-refractivity contribution is 5.85. The molecule has 0 radical (unpaired) electrons. The van der Waals surface area contributed by atoms with E-state index < -0.39 is 17.7 Å². The summed E-state index contributed by atoms with van der Waals surface area (Å²) < 4.78 is 5.38. The molecule has 2 amide bonds. The first-order valence-corrected chi connectivity index (χ1v) is 10.3. The predicted molar refractivity (Wildman–Crippen MR) is 115 cm³/mol. The van der Waals surface area contributed by atoms with E-state index in [2.05, 4.69) is 22.2 Å². The number of carbonyl (C=O) groups excluding carboxylic acids is 2. The van der Waals surface area contributed by atoms with Crippen LogP contribution in [0, 0.1) is 0 Å². The summed E-state index contributed by atoms with van der Waals surface area (Å²) in [6.07, 6.45) is 8.55. The zero-order valence-electron chi connectivity index (χ0n) is 18.3. The minimum atomic E-state index is -0.650. The van der Waals surface area contributed by atoms with E-state index in [-0.39, 0.29) is 5.91 Å². The van der Waals surface area contributed by atoms with Gasteiger partial charge in [0.15, 0.2) is 0 Å². The number of carbonyl (C=O) groups is 2. The van der Waals surface area contributed by atoms with Crippen molar-refractivity contribution >= 4 is 12.0 Å². The molecule has 0 bridgehead atoms. The molecule has 0 aliphatic rings. The highest BCUT2D eigenvalue weighted by Gasteiger charge is 2.28. The van der Waals surface area contributed by atoms with Crippen LogP contribution in [0.15, 0.2) is 49.1 Å². The van der Waals surface area contributed by atoms with Gasteiger partial charge in [0.25, 0.3) is 0 Å². The van der Waals surface area contributed by atoms with E-state index in [0.29, 0.717) is 19.5 Å². The van der Waals surface area contributed by atoms with Gasteiger partial charge in [-0.1, -0.05) is 19.8 Å². The van der Waals surface area contributed by atoms with Crippen LogP contribution in [0.4, 0.5) is 4.79 Å². The first-order valence-electron chi connectivity index (χ1n) is 10.3. The first kappa shape index (κ1) is 23.3. The quantitative estimate of drug-likeness (QED) is 0.671. The average Bonchev–Trinajstić information content (AvgIpc) is 2.70. The van der Waals surface area contributed by atoms with Crippen molar-refractivity contribution in [2.24, 2.45) is 0 Å². The number of unbranched alkanes of at least 4 members (excludes halogenated alkanes) is 1. The van der Waals surface area contributed by atoms with Crippen LogP contribution in [-0.4, -0.2) is 38.5 Å². The van der Waals surface area contributed by atoms with Crippen molar-refractivity contribution < 1.29 is 14.3 Å². The average molecular weight is 413 g/mol. The molecule has 0 unspecified atom stereocenters. The number of hydrogen-bond donors (Lipinski definition) is 1. The van der Waals surface area contributed by atoms with Gasteiger partial charge in [0.1, 0.15) is 11.6 Å². The molecule has 162 valence electrons. The highest BCUT2D eigenvalue weighted by atomic mass is 16.6. The number of hydrogen-bond acceptors (Lipinski definition) is 5. The topological polar surface area (TPSA) is 84.4 Å². The predicted octanol–water partition coefficient (Wildman–Crippen LogP) is 4.09. The van der Waals surface area contributed by atoms with Gasteiger partial charge in [0.2, 0.25) is 5.91 Å². The van der Waals surface area contributed by atoms with Crippen LogP contribution in [0.5, 0.6) is 0 Å². The molecule has 0 fully saturated rings. The van der Waals surface area contributed by atoms with Crippen LogP contribution in [0.25, 0.3) is 0 Å². The number of alkyl carbamates (subject to hydrolysis) is 1.